The molecule has 3 aromatic rings. The quantitative estimate of drug-likeness (QED) is 0.342. The summed E-state index contributed by atoms with van der Waals surface area (Å²) in [5, 5.41) is 10.4. The molecule has 0 atom stereocenters. The van der Waals surface area contributed by atoms with E-state index in [1.54, 1.807) is 23.1 Å². The van der Waals surface area contributed by atoms with Crippen LogP contribution in [-0.4, -0.2) is 15.3 Å². The Morgan fingerprint density at radius 1 is 1.22 bits per heavy atom. The Labute approximate surface area is 166 Å². The van der Waals surface area contributed by atoms with Crippen LogP contribution < -0.4 is 5.56 Å². The van der Waals surface area contributed by atoms with Crippen molar-refractivity contribution in [3.63, 3.8) is 0 Å². The number of nitrogens with zero attached hydrogens (tertiary/aromatic N) is 3. The van der Waals surface area contributed by atoms with Gasteiger partial charge in [0, 0.05) is 17.1 Å². The van der Waals surface area contributed by atoms with E-state index in [4.69, 9.17) is 10.2 Å². The minimum atomic E-state index is 0.0889. The van der Waals surface area contributed by atoms with E-state index >= 15 is 0 Å². The van der Waals surface area contributed by atoms with Crippen LogP contribution in [0.3, 0.4) is 0 Å². The molecule has 0 aliphatic heterocycles. The van der Waals surface area contributed by atoms with Gasteiger partial charge in [0.2, 0.25) is 0 Å². The van der Waals surface area contributed by atoms with Crippen LogP contribution in [0.2, 0.25) is 0 Å². The first-order valence-corrected chi connectivity index (χ1v) is 11.2. The zero-order valence-electron chi connectivity index (χ0n) is 15.1. The van der Waals surface area contributed by atoms with Gasteiger partial charge in [-0.2, -0.15) is 5.26 Å². The Balaban J connectivity index is 1.79. The molecule has 0 bridgehead atoms. The normalized spacial score (nSPS) is 13.4. The van der Waals surface area contributed by atoms with E-state index in [-0.39, 0.29) is 5.56 Å². The molecule has 4 rings (SSSR count). The number of aryl methyl sites for hydroxylation is 2. The smallest absolute Gasteiger partial charge is 0.263 e. The van der Waals surface area contributed by atoms with E-state index in [1.165, 1.54) is 16.9 Å². The second-order valence-electron chi connectivity index (χ2n) is 6.77. The van der Waals surface area contributed by atoms with Gasteiger partial charge in [-0.3, -0.25) is 9.36 Å². The van der Waals surface area contributed by atoms with Gasteiger partial charge in [-0.25, -0.2) is 4.98 Å². The fraction of sp³-hybridized carbons (Fsp3) is 0.381. The minimum absolute atomic E-state index is 0.0889. The Kier molecular flexibility index (Phi) is 5.61. The second-order valence-corrected chi connectivity index (χ2v) is 8.92. The average Bonchev–Trinajstić information content (AvgIpc) is 3.07. The predicted molar refractivity (Wildman–Crippen MR) is 112 cm³/mol. The summed E-state index contributed by atoms with van der Waals surface area (Å²) < 4.78 is 1.83. The van der Waals surface area contributed by atoms with Crippen molar-refractivity contribution in [3.05, 3.63) is 56.7 Å². The van der Waals surface area contributed by atoms with Crippen molar-refractivity contribution in [1.29, 1.82) is 5.26 Å². The average molecular weight is 396 g/mol. The standard InChI is InChI=1S/C21H21N3OS2/c22-12-6-7-13-26-21-23-19-18(16-10-4-5-11-17(16)27-19)20(25)24(21)14-15-8-2-1-3-9-15/h1-3,8-9H,4-7,10-11,13-14H2. The molecule has 0 fully saturated rings. The topological polar surface area (TPSA) is 58.7 Å². The number of hydrogen-bond donors (Lipinski definition) is 0. The van der Waals surface area contributed by atoms with E-state index in [9.17, 15) is 4.79 Å². The molecule has 0 spiro atoms. The maximum absolute atomic E-state index is 13.4. The van der Waals surface area contributed by atoms with Gasteiger partial charge in [-0.05, 0) is 43.2 Å². The fourth-order valence-electron chi connectivity index (χ4n) is 3.55. The molecular weight excluding hydrogens is 374 g/mol. The number of unbranched alkanes of at least 4 members (excludes halogenated alkanes) is 1. The molecule has 0 saturated heterocycles. The molecular formula is C21H21N3OS2. The molecule has 138 valence electrons. The van der Waals surface area contributed by atoms with Crippen molar-refractivity contribution in [2.24, 2.45) is 0 Å². The van der Waals surface area contributed by atoms with Gasteiger partial charge in [0.15, 0.2) is 5.16 Å². The largest absolute Gasteiger partial charge is 0.283 e. The van der Waals surface area contributed by atoms with Crippen LogP contribution in [0.25, 0.3) is 10.2 Å². The highest BCUT2D eigenvalue weighted by Gasteiger charge is 2.22. The highest BCUT2D eigenvalue weighted by molar-refractivity contribution is 7.99. The van der Waals surface area contributed by atoms with Crippen LogP contribution in [0.15, 0.2) is 40.3 Å². The lowest BCUT2D eigenvalue weighted by Crippen LogP contribution is -2.24. The molecule has 1 aliphatic rings. The monoisotopic (exact) mass is 395 g/mol. The molecule has 0 unspecified atom stereocenters. The molecule has 2 heterocycles. The second kappa shape index (κ2) is 8.28. The summed E-state index contributed by atoms with van der Waals surface area (Å²) in [5.41, 5.74) is 2.43. The maximum atomic E-state index is 13.4. The van der Waals surface area contributed by atoms with Gasteiger partial charge in [0.25, 0.3) is 5.56 Å². The van der Waals surface area contributed by atoms with Crippen LogP contribution in [0.5, 0.6) is 0 Å². The summed E-state index contributed by atoms with van der Waals surface area (Å²) >= 11 is 3.29. The number of benzene rings is 1. The lowest BCUT2D eigenvalue weighted by Gasteiger charge is -2.13. The van der Waals surface area contributed by atoms with Crippen molar-refractivity contribution in [1.82, 2.24) is 9.55 Å². The summed E-state index contributed by atoms with van der Waals surface area (Å²) in [7, 11) is 0. The molecule has 2 aromatic heterocycles. The van der Waals surface area contributed by atoms with Crippen molar-refractivity contribution in [2.45, 2.75) is 50.2 Å². The first kappa shape index (κ1) is 18.3. The van der Waals surface area contributed by atoms with Gasteiger partial charge in [-0.15, -0.1) is 11.3 Å². The van der Waals surface area contributed by atoms with E-state index in [0.29, 0.717) is 13.0 Å². The van der Waals surface area contributed by atoms with Gasteiger partial charge in [-0.1, -0.05) is 42.1 Å². The lowest BCUT2D eigenvalue weighted by atomic mass is 9.97. The van der Waals surface area contributed by atoms with Crippen LogP contribution in [0.1, 0.15) is 41.7 Å². The zero-order valence-corrected chi connectivity index (χ0v) is 16.7. The van der Waals surface area contributed by atoms with Crippen molar-refractivity contribution < 1.29 is 0 Å². The molecule has 0 saturated carbocycles. The third-order valence-corrected chi connectivity index (χ3v) is 7.14. The van der Waals surface area contributed by atoms with E-state index in [2.05, 4.69) is 6.07 Å². The molecule has 0 amide bonds. The highest BCUT2D eigenvalue weighted by Crippen LogP contribution is 2.34. The third kappa shape index (κ3) is 3.80. The minimum Gasteiger partial charge on any atom is -0.283 e. The summed E-state index contributed by atoms with van der Waals surface area (Å²) in [6, 6.07) is 12.3. The fourth-order valence-corrected chi connectivity index (χ4v) is 5.79. The predicted octanol–water partition coefficient (Wildman–Crippen LogP) is 4.78. The van der Waals surface area contributed by atoms with Gasteiger partial charge < -0.3 is 0 Å². The first-order valence-electron chi connectivity index (χ1n) is 9.36. The number of aromatic nitrogens is 2. The van der Waals surface area contributed by atoms with Gasteiger partial charge in [0.05, 0.1) is 18.0 Å². The van der Waals surface area contributed by atoms with Gasteiger partial charge in [0.1, 0.15) is 4.83 Å². The molecule has 0 N–H and O–H groups in total. The van der Waals surface area contributed by atoms with Crippen LogP contribution >= 0.6 is 23.1 Å². The molecule has 1 aromatic carbocycles. The molecule has 4 nitrogen and oxygen atoms in total. The Morgan fingerprint density at radius 2 is 2.04 bits per heavy atom. The lowest BCUT2D eigenvalue weighted by molar-refractivity contribution is 0.656. The Bertz CT molecular complexity index is 1050. The number of thioether (sulfide) groups is 1. The molecule has 1 aliphatic carbocycles. The maximum Gasteiger partial charge on any atom is 0.263 e. The molecule has 0 radical (unpaired) electrons. The Hall–Kier alpha value is -2.10. The highest BCUT2D eigenvalue weighted by atomic mass is 32.2. The van der Waals surface area contributed by atoms with E-state index in [0.717, 1.165) is 52.4 Å². The van der Waals surface area contributed by atoms with Crippen LogP contribution in [0, 0.1) is 11.3 Å². The number of thiophene rings is 1. The van der Waals surface area contributed by atoms with Crippen LogP contribution in [-0.2, 0) is 19.4 Å². The number of rotatable bonds is 6. The molecule has 27 heavy (non-hydrogen) atoms. The van der Waals surface area contributed by atoms with Crippen molar-refractivity contribution in [3.8, 4) is 6.07 Å². The van der Waals surface area contributed by atoms with E-state index < -0.39 is 0 Å². The SMILES string of the molecule is N#CCCCSc1nc2sc3c(c2c(=O)n1Cc1ccccc1)CCCC3. The summed E-state index contributed by atoms with van der Waals surface area (Å²) in [6.07, 6.45) is 5.76. The molecule has 6 heteroatoms. The zero-order chi connectivity index (χ0) is 18.6. The summed E-state index contributed by atoms with van der Waals surface area (Å²) in [6.45, 7) is 0.536. The van der Waals surface area contributed by atoms with Gasteiger partial charge >= 0.3 is 0 Å². The number of fused-ring (bicyclic) bond motifs is 3. The van der Waals surface area contributed by atoms with Crippen molar-refractivity contribution >= 4 is 33.3 Å². The Morgan fingerprint density at radius 3 is 2.85 bits per heavy atom. The van der Waals surface area contributed by atoms with Crippen molar-refractivity contribution in [2.75, 3.05) is 5.75 Å². The summed E-state index contributed by atoms with van der Waals surface area (Å²) in [5.74, 6) is 0.797. The third-order valence-electron chi connectivity index (χ3n) is 4.89. The first-order chi connectivity index (χ1) is 13.3. The summed E-state index contributed by atoms with van der Waals surface area (Å²) in [4.78, 5) is 20.6. The number of nitriles is 1. The number of hydrogen-bond acceptors (Lipinski definition) is 5. The van der Waals surface area contributed by atoms with E-state index in [1.807, 2.05) is 34.9 Å². The van der Waals surface area contributed by atoms with Crippen LogP contribution in [0.4, 0.5) is 0 Å².